The molecule has 0 N–H and O–H groups in total. The summed E-state index contributed by atoms with van der Waals surface area (Å²) in [5.74, 6) is 1.27. The van der Waals surface area contributed by atoms with Crippen LogP contribution in [-0.4, -0.2) is 34.0 Å². The van der Waals surface area contributed by atoms with Crippen molar-refractivity contribution in [1.29, 1.82) is 0 Å². The fourth-order valence-electron chi connectivity index (χ4n) is 3.96. The Bertz CT molecular complexity index is 879. The van der Waals surface area contributed by atoms with E-state index in [4.69, 9.17) is 0 Å². The van der Waals surface area contributed by atoms with E-state index in [0.717, 1.165) is 50.3 Å². The van der Waals surface area contributed by atoms with Gasteiger partial charge in [0.05, 0.1) is 11.8 Å². The lowest BCUT2D eigenvalue weighted by atomic mass is 10.2. The summed E-state index contributed by atoms with van der Waals surface area (Å²) in [7, 11) is -3.51. The average Bonchev–Trinajstić information content (AvgIpc) is 3.18. The minimum atomic E-state index is -3.51. The summed E-state index contributed by atoms with van der Waals surface area (Å²) in [5.41, 5.74) is 0.595. The van der Waals surface area contributed by atoms with E-state index in [1.165, 1.54) is 30.7 Å². The first-order valence-electron chi connectivity index (χ1n) is 9.20. The molecule has 8 heteroatoms. The van der Waals surface area contributed by atoms with Crippen molar-refractivity contribution in [1.82, 2.24) is 19.1 Å². The zero-order valence-electron chi connectivity index (χ0n) is 14.6. The number of benzene rings is 1. The van der Waals surface area contributed by atoms with Crippen molar-refractivity contribution in [3.05, 3.63) is 47.3 Å². The first-order chi connectivity index (χ1) is 12.5. The number of fused-ring (bicyclic) bond motifs is 1. The van der Waals surface area contributed by atoms with Gasteiger partial charge in [0.1, 0.15) is 11.6 Å². The van der Waals surface area contributed by atoms with Gasteiger partial charge in [-0.05, 0) is 43.4 Å². The quantitative estimate of drug-likeness (QED) is 0.820. The predicted molar refractivity (Wildman–Crippen MR) is 95.3 cm³/mol. The second-order valence-electron chi connectivity index (χ2n) is 7.09. The highest BCUT2D eigenvalue weighted by Crippen LogP contribution is 2.35. The molecule has 4 rings (SSSR count). The zero-order valence-corrected chi connectivity index (χ0v) is 15.5. The average molecular weight is 378 g/mol. The summed E-state index contributed by atoms with van der Waals surface area (Å²) in [4.78, 5) is 0. The standard InChI is InChI=1S/C18H23FN4O2S/c19-15-9-7-14(8-10-15)13-26(24,25)23-12-4-5-16(23)18-21-20-17-6-2-1-3-11-22(17)18/h7-10,16H,1-6,11-13H2/t16-/m1/s1. The topological polar surface area (TPSA) is 68.1 Å². The van der Waals surface area contributed by atoms with Gasteiger partial charge in [-0.25, -0.2) is 12.8 Å². The van der Waals surface area contributed by atoms with Gasteiger partial charge in [-0.2, -0.15) is 4.31 Å². The molecule has 0 aliphatic carbocycles. The van der Waals surface area contributed by atoms with Crippen LogP contribution in [0, 0.1) is 5.82 Å². The molecule has 140 valence electrons. The number of aryl methyl sites for hydroxylation is 1. The van der Waals surface area contributed by atoms with Crippen molar-refractivity contribution in [3.63, 3.8) is 0 Å². The van der Waals surface area contributed by atoms with E-state index in [-0.39, 0.29) is 17.6 Å². The van der Waals surface area contributed by atoms with E-state index < -0.39 is 10.0 Å². The lowest BCUT2D eigenvalue weighted by Crippen LogP contribution is -2.33. The summed E-state index contributed by atoms with van der Waals surface area (Å²) in [6, 6.07) is 5.40. The van der Waals surface area contributed by atoms with Crippen LogP contribution in [0.1, 0.15) is 55.4 Å². The molecular weight excluding hydrogens is 355 g/mol. The van der Waals surface area contributed by atoms with Gasteiger partial charge in [0, 0.05) is 19.5 Å². The second-order valence-corrected chi connectivity index (χ2v) is 9.01. The van der Waals surface area contributed by atoms with Crippen LogP contribution in [0.15, 0.2) is 24.3 Å². The largest absolute Gasteiger partial charge is 0.314 e. The summed E-state index contributed by atoms with van der Waals surface area (Å²) < 4.78 is 42.8. The van der Waals surface area contributed by atoms with E-state index in [2.05, 4.69) is 14.8 Å². The molecule has 0 saturated carbocycles. The molecule has 1 aromatic carbocycles. The number of sulfonamides is 1. The van der Waals surface area contributed by atoms with E-state index in [1.54, 1.807) is 4.31 Å². The highest BCUT2D eigenvalue weighted by molar-refractivity contribution is 7.88. The molecule has 1 atom stereocenters. The number of hydrogen-bond donors (Lipinski definition) is 0. The minimum Gasteiger partial charge on any atom is -0.314 e. The third kappa shape index (κ3) is 3.40. The number of aromatic nitrogens is 3. The van der Waals surface area contributed by atoms with Crippen molar-refractivity contribution in [2.45, 2.75) is 56.9 Å². The van der Waals surface area contributed by atoms with Gasteiger partial charge in [0.25, 0.3) is 0 Å². The molecular formula is C18H23FN4O2S. The van der Waals surface area contributed by atoms with E-state index in [0.29, 0.717) is 12.1 Å². The normalized spacial score (nSPS) is 21.5. The lowest BCUT2D eigenvalue weighted by molar-refractivity contribution is 0.370. The Hall–Kier alpha value is -1.80. The number of halogens is 1. The van der Waals surface area contributed by atoms with Gasteiger partial charge in [-0.1, -0.05) is 18.6 Å². The Morgan fingerprint density at radius 1 is 1.04 bits per heavy atom. The van der Waals surface area contributed by atoms with Crippen LogP contribution in [0.3, 0.4) is 0 Å². The second kappa shape index (κ2) is 7.08. The Kier molecular flexibility index (Phi) is 4.79. The van der Waals surface area contributed by atoms with Gasteiger partial charge in [0.2, 0.25) is 10.0 Å². The lowest BCUT2D eigenvalue weighted by Gasteiger charge is -2.24. The molecule has 0 radical (unpaired) electrons. The molecule has 6 nitrogen and oxygen atoms in total. The molecule has 0 spiro atoms. The molecule has 0 amide bonds. The molecule has 0 bridgehead atoms. The van der Waals surface area contributed by atoms with E-state index in [9.17, 15) is 12.8 Å². The SMILES string of the molecule is O=S(=O)(Cc1ccc(F)cc1)N1CCC[C@@H]1c1nnc2n1CCCCC2. The maximum atomic E-state index is 13.1. The minimum absolute atomic E-state index is 0.120. The maximum absolute atomic E-state index is 13.1. The van der Waals surface area contributed by atoms with Crippen LogP contribution in [0.2, 0.25) is 0 Å². The van der Waals surface area contributed by atoms with E-state index in [1.807, 2.05) is 0 Å². The predicted octanol–water partition coefficient (Wildman–Crippen LogP) is 2.81. The molecule has 0 unspecified atom stereocenters. The fourth-order valence-corrected chi connectivity index (χ4v) is 5.73. The van der Waals surface area contributed by atoms with Gasteiger partial charge >= 0.3 is 0 Å². The van der Waals surface area contributed by atoms with Crippen LogP contribution in [0.25, 0.3) is 0 Å². The van der Waals surface area contributed by atoms with Gasteiger partial charge < -0.3 is 4.57 Å². The first kappa shape index (κ1) is 17.6. The van der Waals surface area contributed by atoms with Crippen molar-refractivity contribution in [3.8, 4) is 0 Å². The molecule has 2 aliphatic rings. The van der Waals surface area contributed by atoms with Crippen molar-refractivity contribution in [2.75, 3.05) is 6.54 Å². The van der Waals surface area contributed by atoms with Gasteiger partial charge in [-0.15, -0.1) is 10.2 Å². The summed E-state index contributed by atoms with van der Waals surface area (Å²) in [5, 5.41) is 8.68. The van der Waals surface area contributed by atoms with Crippen LogP contribution in [0.4, 0.5) is 4.39 Å². The number of hydrogen-bond acceptors (Lipinski definition) is 4. The van der Waals surface area contributed by atoms with Crippen molar-refractivity contribution in [2.24, 2.45) is 0 Å². The highest BCUT2D eigenvalue weighted by Gasteiger charge is 2.38. The first-order valence-corrected chi connectivity index (χ1v) is 10.8. The summed E-state index contributed by atoms with van der Waals surface area (Å²) >= 11 is 0. The molecule has 2 aliphatic heterocycles. The van der Waals surface area contributed by atoms with Crippen molar-refractivity contribution < 1.29 is 12.8 Å². The van der Waals surface area contributed by atoms with Crippen molar-refractivity contribution >= 4 is 10.0 Å². The van der Waals surface area contributed by atoms with Gasteiger partial charge in [0.15, 0.2) is 5.82 Å². The van der Waals surface area contributed by atoms with Crippen LogP contribution < -0.4 is 0 Å². The van der Waals surface area contributed by atoms with Crippen LogP contribution >= 0.6 is 0 Å². The van der Waals surface area contributed by atoms with Crippen LogP contribution in [-0.2, 0) is 28.7 Å². The van der Waals surface area contributed by atoms with Gasteiger partial charge in [-0.3, -0.25) is 0 Å². The third-order valence-electron chi connectivity index (χ3n) is 5.26. The third-order valence-corrected chi connectivity index (χ3v) is 7.11. The Labute approximate surface area is 153 Å². The molecule has 3 heterocycles. The molecule has 1 aromatic heterocycles. The monoisotopic (exact) mass is 378 g/mol. The molecule has 26 heavy (non-hydrogen) atoms. The molecule has 2 aromatic rings. The van der Waals surface area contributed by atoms with Crippen LogP contribution in [0.5, 0.6) is 0 Å². The summed E-state index contributed by atoms with van der Waals surface area (Å²) in [6.07, 6.45) is 5.83. The fraction of sp³-hybridized carbons (Fsp3) is 0.556. The maximum Gasteiger partial charge on any atom is 0.218 e. The smallest absolute Gasteiger partial charge is 0.218 e. The Morgan fingerprint density at radius 3 is 2.65 bits per heavy atom. The number of rotatable bonds is 4. The molecule has 1 fully saturated rings. The Balaban J connectivity index is 1.60. The van der Waals surface area contributed by atoms with E-state index >= 15 is 0 Å². The molecule has 1 saturated heterocycles. The highest BCUT2D eigenvalue weighted by atomic mass is 32.2. The Morgan fingerprint density at radius 2 is 1.85 bits per heavy atom. The summed E-state index contributed by atoms with van der Waals surface area (Å²) in [6.45, 7) is 1.36. The number of nitrogens with zero attached hydrogens (tertiary/aromatic N) is 4. The zero-order chi connectivity index (χ0) is 18.1.